The van der Waals surface area contributed by atoms with Gasteiger partial charge in [0.2, 0.25) is 5.91 Å². The third kappa shape index (κ3) is 3.68. The van der Waals surface area contributed by atoms with Gasteiger partial charge in [-0.05, 0) is 61.7 Å². The maximum atomic E-state index is 13.4. The molecule has 0 saturated carbocycles. The molecule has 0 aliphatic carbocycles. The van der Waals surface area contributed by atoms with Crippen LogP contribution in [0.4, 0.5) is 14.5 Å². The molecule has 2 aromatic carbocycles. The minimum atomic E-state index is -0.625. The van der Waals surface area contributed by atoms with Gasteiger partial charge in [-0.15, -0.1) is 0 Å². The molecule has 0 unspecified atom stereocenters. The maximum absolute atomic E-state index is 13.4. The summed E-state index contributed by atoms with van der Waals surface area (Å²) in [6, 6.07) is 8.78. The molecule has 1 atom stereocenters. The van der Waals surface area contributed by atoms with E-state index in [1.807, 2.05) is 0 Å². The van der Waals surface area contributed by atoms with Crippen LogP contribution < -0.4 is 5.32 Å². The number of anilines is 1. The highest BCUT2D eigenvalue weighted by molar-refractivity contribution is 6.01. The summed E-state index contributed by atoms with van der Waals surface area (Å²) in [6.07, 6.45) is 1.24. The lowest BCUT2D eigenvalue weighted by Crippen LogP contribution is -2.43. The first-order chi connectivity index (χ1) is 12.0. The van der Waals surface area contributed by atoms with Crippen LogP contribution in [0.5, 0.6) is 0 Å². The number of benzene rings is 2. The van der Waals surface area contributed by atoms with Gasteiger partial charge in [0.05, 0.1) is 0 Å². The zero-order valence-electron chi connectivity index (χ0n) is 13.8. The van der Waals surface area contributed by atoms with E-state index in [0.717, 1.165) is 5.56 Å². The van der Waals surface area contributed by atoms with Crippen LogP contribution in [0.2, 0.25) is 0 Å². The molecule has 1 aliphatic rings. The fraction of sp³-hybridized carbons (Fsp3) is 0.263. The average Bonchev–Trinajstić information content (AvgIpc) is 3.08. The molecule has 25 heavy (non-hydrogen) atoms. The summed E-state index contributed by atoms with van der Waals surface area (Å²) in [7, 11) is 0. The summed E-state index contributed by atoms with van der Waals surface area (Å²) < 4.78 is 26.4. The molecule has 3 rings (SSSR count). The third-order valence-electron chi connectivity index (χ3n) is 4.36. The van der Waals surface area contributed by atoms with Crippen LogP contribution in [0.1, 0.15) is 28.8 Å². The van der Waals surface area contributed by atoms with Crippen molar-refractivity contribution in [2.24, 2.45) is 0 Å². The van der Waals surface area contributed by atoms with Crippen molar-refractivity contribution in [2.45, 2.75) is 25.8 Å². The Morgan fingerprint density at radius 2 is 1.76 bits per heavy atom. The van der Waals surface area contributed by atoms with Gasteiger partial charge in [-0.25, -0.2) is 8.78 Å². The van der Waals surface area contributed by atoms with E-state index < -0.39 is 17.7 Å². The van der Waals surface area contributed by atoms with E-state index in [-0.39, 0.29) is 11.8 Å². The molecule has 0 radical (unpaired) electrons. The first kappa shape index (κ1) is 17.1. The molecule has 0 aromatic heterocycles. The Labute approximate surface area is 144 Å². The second-order valence-electron chi connectivity index (χ2n) is 6.11. The quantitative estimate of drug-likeness (QED) is 0.926. The maximum Gasteiger partial charge on any atom is 0.254 e. The molecule has 2 aromatic rings. The molecule has 130 valence electrons. The third-order valence-corrected chi connectivity index (χ3v) is 4.36. The lowest BCUT2D eigenvalue weighted by atomic mass is 10.1. The lowest BCUT2D eigenvalue weighted by Gasteiger charge is -2.24. The van der Waals surface area contributed by atoms with Gasteiger partial charge in [0.1, 0.15) is 17.7 Å². The normalized spacial score (nSPS) is 16.8. The molecule has 1 heterocycles. The van der Waals surface area contributed by atoms with Gasteiger partial charge in [0.15, 0.2) is 0 Å². The SMILES string of the molecule is Cc1ccc(F)cc1NC(=O)[C@H]1CCCN1C(=O)c1ccc(F)cc1. The summed E-state index contributed by atoms with van der Waals surface area (Å²) in [6.45, 7) is 2.22. The van der Waals surface area contributed by atoms with Crippen molar-refractivity contribution in [1.29, 1.82) is 0 Å². The van der Waals surface area contributed by atoms with Crippen molar-refractivity contribution in [3.05, 3.63) is 65.2 Å². The number of aryl methyl sites for hydroxylation is 1. The Balaban J connectivity index is 1.76. The van der Waals surface area contributed by atoms with Crippen molar-refractivity contribution in [3.8, 4) is 0 Å². The number of carbonyl (C=O) groups is 2. The highest BCUT2D eigenvalue weighted by Gasteiger charge is 2.34. The summed E-state index contributed by atoms with van der Waals surface area (Å²) >= 11 is 0. The van der Waals surface area contributed by atoms with Crippen LogP contribution in [0.15, 0.2) is 42.5 Å². The number of likely N-dealkylation sites (tertiary alicyclic amines) is 1. The van der Waals surface area contributed by atoms with Gasteiger partial charge in [0.25, 0.3) is 5.91 Å². The van der Waals surface area contributed by atoms with E-state index in [1.54, 1.807) is 13.0 Å². The summed E-state index contributed by atoms with van der Waals surface area (Å²) in [5, 5.41) is 2.71. The van der Waals surface area contributed by atoms with E-state index in [0.29, 0.717) is 30.6 Å². The highest BCUT2D eigenvalue weighted by Crippen LogP contribution is 2.23. The van der Waals surface area contributed by atoms with E-state index in [1.165, 1.54) is 41.3 Å². The second kappa shape index (κ2) is 7.01. The summed E-state index contributed by atoms with van der Waals surface area (Å²) in [5.41, 5.74) is 1.47. The van der Waals surface area contributed by atoms with Crippen LogP contribution >= 0.6 is 0 Å². The Hall–Kier alpha value is -2.76. The molecule has 0 spiro atoms. The molecule has 0 bridgehead atoms. The van der Waals surface area contributed by atoms with Gasteiger partial charge in [0, 0.05) is 17.8 Å². The Bertz CT molecular complexity index is 806. The number of nitrogens with zero attached hydrogens (tertiary/aromatic N) is 1. The molecule has 1 N–H and O–H groups in total. The van der Waals surface area contributed by atoms with Crippen molar-refractivity contribution in [2.75, 3.05) is 11.9 Å². The number of hydrogen-bond donors (Lipinski definition) is 1. The molecule has 2 amide bonds. The van der Waals surface area contributed by atoms with Crippen molar-refractivity contribution < 1.29 is 18.4 Å². The van der Waals surface area contributed by atoms with Gasteiger partial charge in [-0.2, -0.15) is 0 Å². The molecule has 1 aliphatic heterocycles. The van der Waals surface area contributed by atoms with Crippen molar-refractivity contribution in [3.63, 3.8) is 0 Å². The fourth-order valence-electron chi connectivity index (χ4n) is 2.99. The lowest BCUT2D eigenvalue weighted by molar-refractivity contribution is -0.119. The standard InChI is InChI=1S/C19H18F2N2O2/c1-12-4-7-15(21)11-16(12)22-18(24)17-3-2-10-23(17)19(25)13-5-8-14(20)9-6-13/h4-9,11,17H,2-3,10H2,1H3,(H,22,24)/t17-/m1/s1. The van der Waals surface area contributed by atoms with Crippen LogP contribution in [-0.2, 0) is 4.79 Å². The average molecular weight is 344 g/mol. The first-order valence-corrected chi connectivity index (χ1v) is 8.09. The van der Waals surface area contributed by atoms with Crippen LogP contribution in [0.25, 0.3) is 0 Å². The van der Waals surface area contributed by atoms with Crippen molar-refractivity contribution >= 4 is 17.5 Å². The monoisotopic (exact) mass is 344 g/mol. The number of nitrogens with one attached hydrogen (secondary N) is 1. The van der Waals surface area contributed by atoms with Gasteiger partial charge in [-0.3, -0.25) is 9.59 Å². The largest absolute Gasteiger partial charge is 0.327 e. The van der Waals surface area contributed by atoms with Crippen LogP contribution in [0.3, 0.4) is 0 Å². The minimum Gasteiger partial charge on any atom is -0.327 e. The zero-order valence-corrected chi connectivity index (χ0v) is 13.8. The second-order valence-corrected chi connectivity index (χ2v) is 6.11. The summed E-state index contributed by atoms with van der Waals surface area (Å²) in [4.78, 5) is 26.7. The van der Waals surface area contributed by atoms with E-state index >= 15 is 0 Å². The molecule has 1 fully saturated rings. The zero-order chi connectivity index (χ0) is 18.0. The predicted molar refractivity (Wildman–Crippen MR) is 90.2 cm³/mol. The van der Waals surface area contributed by atoms with Gasteiger partial charge >= 0.3 is 0 Å². The number of hydrogen-bond acceptors (Lipinski definition) is 2. The molecule has 1 saturated heterocycles. The van der Waals surface area contributed by atoms with Crippen molar-refractivity contribution in [1.82, 2.24) is 4.90 Å². The minimum absolute atomic E-state index is 0.311. The Morgan fingerprint density at radius 1 is 1.08 bits per heavy atom. The number of rotatable bonds is 3. The van der Waals surface area contributed by atoms with E-state index in [9.17, 15) is 18.4 Å². The highest BCUT2D eigenvalue weighted by atomic mass is 19.1. The Kier molecular flexibility index (Phi) is 4.79. The molecular formula is C19H18F2N2O2. The fourth-order valence-corrected chi connectivity index (χ4v) is 2.99. The number of amides is 2. The molecular weight excluding hydrogens is 326 g/mol. The van der Waals surface area contributed by atoms with E-state index in [4.69, 9.17) is 0 Å². The van der Waals surface area contributed by atoms with Crippen LogP contribution in [-0.4, -0.2) is 29.3 Å². The number of carbonyl (C=O) groups excluding carboxylic acids is 2. The summed E-state index contributed by atoms with van der Waals surface area (Å²) in [5.74, 6) is -1.52. The molecule has 6 heteroatoms. The first-order valence-electron chi connectivity index (χ1n) is 8.09. The number of halogens is 2. The molecule has 4 nitrogen and oxygen atoms in total. The van der Waals surface area contributed by atoms with Crippen LogP contribution in [0, 0.1) is 18.6 Å². The van der Waals surface area contributed by atoms with Gasteiger partial charge in [-0.1, -0.05) is 6.07 Å². The topological polar surface area (TPSA) is 49.4 Å². The predicted octanol–water partition coefficient (Wildman–Crippen LogP) is 3.52. The smallest absolute Gasteiger partial charge is 0.254 e. The van der Waals surface area contributed by atoms with Gasteiger partial charge < -0.3 is 10.2 Å². The Morgan fingerprint density at radius 3 is 2.48 bits per heavy atom. The van der Waals surface area contributed by atoms with E-state index in [2.05, 4.69) is 5.32 Å².